The van der Waals surface area contributed by atoms with Crippen LogP contribution in [-0.2, 0) is 4.79 Å². The van der Waals surface area contributed by atoms with Crippen LogP contribution in [0.15, 0.2) is 12.4 Å². The predicted octanol–water partition coefficient (Wildman–Crippen LogP) is -1.14. The molecule has 2 unspecified atom stereocenters. The molecule has 2 fully saturated rings. The molecule has 2 bridgehead atoms. The fourth-order valence-electron chi connectivity index (χ4n) is 2.90. The largest absolute Gasteiger partial charge is 0.491 e. The topological polar surface area (TPSA) is 86.6 Å². The van der Waals surface area contributed by atoms with Gasteiger partial charge in [0.2, 0.25) is 5.95 Å². The van der Waals surface area contributed by atoms with Crippen molar-refractivity contribution in [3.8, 4) is 0 Å². The van der Waals surface area contributed by atoms with Crippen LogP contribution in [0.3, 0.4) is 0 Å². The summed E-state index contributed by atoms with van der Waals surface area (Å²) in [4.78, 5) is 22.0. The lowest BCUT2D eigenvalue weighted by atomic mass is 9.83. The van der Waals surface area contributed by atoms with Crippen molar-refractivity contribution in [1.29, 1.82) is 0 Å². The lowest BCUT2D eigenvalue weighted by molar-refractivity contribution is -0.120. The van der Waals surface area contributed by atoms with Gasteiger partial charge in [-0.3, -0.25) is 4.79 Å². The van der Waals surface area contributed by atoms with Crippen LogP contribution in [0, 0.1) is 0 Å². The lowest BCUT2D eigenvalue weighted by Crippen LogP contribution is -2.44. The molecule has 0 aromatic carbocycles. The number of fused-ring (bicyclic) bond motifs is 2. The van der Waals surface area contributed by atoms with Gasteiger partial charge in [-0.05, 0) is 12.8 Å². The standard InChI is InChI=1S/C11H14BN3O3/c16-10-3-8-1-2-9(4-10)15(8)11-13-5-7(6-14-11)12(17)18/h5-6,8-9,17-18H,1-4H2. The van der Waals surface area contributed by atoms with E-state index >= 15 is 0 Å². The van der Waals surface area contributed by atoms with Crippen LogP contribution in [0.5, 0.6) is 0 Å². The van der Waals surface area contributed by atoms with Crippen molar-refractivity contribution in [3.63, 3.8) is 0 Å². The number of carbonyl (C=O) groups is 1. The second-order valence-corrected chi connectivity index (χ2v) is 4.93. The van der Waals surface area contributed by atoms with Crippen LogP contribution in [0.25, 0.3) is 0 Å². The van der Waals surface area contributed by atoms with Gasteiger partial charge in [0.15, 0.2) is 0 Å². The molecule has 6 nitrogen and oxygen atoms in total. The fourth-order valence-corrected chi connectivity index (χ4v) is 2.90. The molecule has 0 spiro atoms. The Hall–Kier alpha value is -1.47. The molecule has 0 amide bonds. The maximum Gasteiger partial charge on any atom is 0.491 e. The molecule has 94 valence electrons. The SMILES string of the molecule is O=C1CC2CCC(C1)N2c1ncc(B(O)O)cn1. The summed E-state index contributed by atoms with van der Waals surface area (Å²) in [5, 5.41) is 18.0. The van der Waals surface area contributed by atoms with E-state index in [-0.39, 0.29) is 17.5 Å². The average Bonchev–Trinajstić information content (AvgIpc) is 2.62. The summed E-state index contributed by atoms with van der Waals surface area (Å²) in [5.74, 6) is 0.903. The summed E-state index contributed by atoms with van der Waals surface area (Å²) in [5.41, 5.74) is 0.277. The van der Waals surface area contributed by atoms with Crippen molar-refractivity contribution < 1.29 is 14.8 Å². The molecule has 1 aromatic rings. The number of Topliss-reactive ketones (excluding diaryl/α,β-unsaturated/α-hetero) is 1. The summed E-state index contributed by atoms with van der Waals surface area (Å²) in [7, 11) is -1.54. The molecule has 0 saturated carbocycles. The maximum absolute atomic E-state index is 11.5. The van der Waals surface area contributed by atoms with Crippen LogP contribution in [0.2, 0.25) is 0 Å². The minimum Gasteiger partial charge on any atom is -0.423 e. The van der Waals surface area contributed by atoms with E-state index in [1.54, 1.807) is 0 Å². The number of nitrogens with zero attached hydrogens (tertiary/aromatic N) is 3. The van der Waals surface area contributed by atoms with Crippen molar-refractivity contribution in [1.82, 2.24) is 9.97 Å². The summed E-state index contributed by atoms with van der Waals surface area (Å²) in [6, 6.07) is 0.419. The third-order valence-electron chi connectivity index (χ3n) is 3.73. The summed E-state index contributed by atoms with van der Waals surface area (Å²) < 4.78 is 0. The molecule has 3 heterocycles. The molecule has 0 radical (unpaired) electrons. The zero-order valence-electron chi connectivity index (χ0n) is 9.86. The highest BCUT2D eigenvalue weighted by Gasteiger charge is 2.41. The smallest absolute Gasteiger partial charge is 0.423 e. The van der Waals surface area contributed by atoms with Crippen LogP contribution >= 0.6 is 0 Å². The number of aromatic nitrogens is 2. The summed E-state index contributed by atoms with van der Waals surface area (Å²) in [6.45, 7) is 0. The van der Waals surface area contributed by atoms with Crippen molar-refractivity contribution in [2.24, 2.45) is 0 Å². The lowest BCUT2D eigenvalue weighted by Gasteiger charge is -2.33. The Labute approximate surface area is 105 Å². The van der Waals surface area contributed by atoms with Gasteiger partial charge in [-0.25, -0.2) is 9.97 Å². The van der Waals surface area contributed by atoms with Gasteiger partial charge in [-0.1, -0.05) is 0 Å². The Morgan fingerprint density at radius 1 is 1.17 bits per heavy atom. The van der Waals surface area contributed by atoms with Gasteiger partial charge in [0.05, 0.1) is 0 Å². The zero-order valence-corrected chi connectivity index (χ0v) is 9.86. The Morgan fingerprint density at radius 2 is 1.72 bits per heavy atom. The van der Waals surface area contributed by atoms with Crippen molar-refractivity contribution in [2.45, 2.75) is 37.8 Å². The Balaban J connectivity index is 1.85. The van der Waals surface area contributed by atoms with Crippen molar-refractivity contribution >= 4 is 24.3 Å². The van der Waals surface area contributed by atoms with E-state index in [0.29, 0.717) is 24.6 Å². The number of piperidine rings is 1. The molecule has 2 aliphatic rings. The number of hydrogen-bond donors (Lipinski definition) is 2. The molecular formula is C11H14BN3O3. The number of hydrogen-bond acceptors (Lipinski definition) is 6. The third-order valence-corrected chi connectivity index (χ3v) is 3.73. The molecule has 0 aliphatic carbocycles. The van der Waals surface area contributed by atoms with E-state index in [2.05, 4.69) is 14.9 Å². The number of ketones is 1. The fraction of sp³-hybridized carbons (Fsp3) is 0.545. The highest BCUT2D eigenvalue weighted by Crippen LogP contribution is 2.35. The summed E-state index contributed by atoms with van der Waals surface area (Å²) >= 11 is 0. The molecule has 2 N–H and O–H groups in total. The van der Waals surface area contributed by atoms with E-state index in [4.69, 9.17) is 10.0 Å². The van der Waals surface area contributed by atoms with E-state index in [1.165, 1.54) is 12.4 Å². The first-order valence-electron chi connectivity index (χ1n) is 6.13. The first-order chi connectivity index (χ1) is 8.65. The third kappa shape index (κ3) is 1.89. The molecule has 2 saturated heterocycles. The van der Waals surface area contributed by atoms with Gasteiger partial charge in [-0.15, -0.1) is 0 Å². The van der Waals surface area contributed by atoms with Gasteiger partial charge >= 0.3 is 7.12 Å². The number of carbonyl (C=O) groups excluding carboxylic acids is 1. The van der Waals surface area contributed by atoms with Gasteiger partial charge < -0.3 is 14.9 Å². The molecule has 7 heteroatoms. The quantitative estimate of drug-likeness (QED) is 0.642. The van der Waals surface area contributed by atoms with Gasteiger partial charge in [-0.2, -0.15) is 0 Å². The summed E-state index contributed by atoms with van der Waals surface area (Å²) in [6.07, 6.45) is 5.99. The normalized spacial score (nSPS) is 26.6. The van der Waals surface area contributed by atoms with Gasteiger partial charge in [0.1, 0.15) is 5.78 Å². The van der Waals surface area contributed by atoms with E-state index < -0.39 is 7.12 Å². The van der Waals surface area contributed by atoms with Gasteiger partial charge in [0.25, 0.3) is 0 Å². The molecule has 3 rings (SSSR count). The maximum atomic E-state index is 11.5. The average molecular weight is 247 g/mol. The molecule has 18 heavy (non-hydrogen) atoms. The van der Waals surface area contributed by atoms with Crippen LogP contribution in [-0.4, -0.2) is 45.0 Å². The molecular weight excluding hydrogens is 233 g/mol. The highest BCUT2D eigenvalue weighted by molar-refractivity contribution is 6.58. The molecule has 1 aromatic heterocycles. The zero-order chi connectivity index (χ0) is 12.7. The van der Waals surface area contributed by atoms with Crippen molar-refractivity contribution in [3.05, 3.63) is 12.4 Å². The number of anilines is 1. The molecule has 2 atom stereocenters. The Kier molecular flexibility index (Phi) is 2.79. The number of rotatable bonds is 2. The van der Waals surface area contributed by atoms with E-state index in [9.17, 15) is 4.79 Å². The Morgan fingerprint density at radius 3 is 2.22 bits per heavy atom. The first-order valence-corrected chi connectivity index (χ1v) is 6.13. The van der Waals surface area contributed by atoms with Crippen LogP contribution < -0.4 is 10.4 Å². The van der Waals surface area contributed by atoms with Gasteiger partial charge in [0, 0.05) is 42.8 Å². The van der Waals surface area contributed by atoms with E-state index in [0.717, 1.165) is 12.8 Å². The predicted molar refractivity (Wildman–Crippen MR) is 65.4 cm³/mol. The highest BCUT2D eigenvalue weighted by atomic mass is 16.4. The monoisotopic (exact) mass is 247 g/mol. The minimum atomic E-state index is -1.54. The second kappa shape index (κ2) is 4.33. The minimum absolute atomic E-state index is 0.209. The van der Waals surface area contributed by atoms with Crippen LogP contribution in [0.1, 0.15) is 25.7 Å². The molecule has 2 aliphatic heterocycles. The second-order valence-electron chi connectivity index (χ2n) is 4.93. The van der Waals surface area contributed by atoms with E-state index in [1.807, 2.05) is 0 Å². The first kappa shape index (κ1) is 11.6. The van der Waals surface area contributed by atoms with Crippen molar-refractivity contribution in [2.75, 3.05) is 4.90 Å². The Bertz CT molecular complexity index is 449. The van der Waals surface area contributed by atoms with Crippen LogP contribution in [0.4, 0.5) is 5.95 Å².